The third kappa shape index (κ3) is 4.22. The maximum Gasteiger partial charge on any atom is 0.141 e. The third-order valence-corrected chi connectivity index (χ3v) is 3.85. The van der Waals surface area contributed by atoms with Gasteiger partial charge < -0.3 is 15.0 Å². The van der Waals surface area contributed by atoms with Crippen LogP contribution in [0.4, 0.5) is 0 Å². The molecule has 0 aliphatic carbocycles. The molecule has 4 nitrogen and oxygen atoms in total. The van der Waals surface area contributed by atoms with Crippen molar-refractivity contribution in [3.05, 3.63) is 47.0 Å². The molecule has 0 fully saturated rings. The van der Waals surface area contributed by atoms with Crippen molar-refractivity contribution >= 4 is 11.6 Å². The van der Waals surface area contributed by atoms with Crippen LogP contribution in [0.3, 0.4) is 0 Å². The Hall–Kier alpha value is -1.52. The number of benzene rings is 1. The maximum atomic E-state index is 6.26. The average molecular weight is 308 g/mol. The van der Waals surface area contributed by atoms with E-state index in [9.17, 15) is 0 Å². The molecule has 0 saturated heterocycles. The molecule has 2 aromatic rings. The zero-order valence-electron chi connectivity index (χ0n) is 12.6. The Balaban J connectivity index is 2.03. The predicted octanol–water partition coefficient (Wildman–Crippen LogP) is 2.97. The van der Waals surface area contributed by atoms with Crippen molar-refractivity contribution in [3.63, 3.8) is 0 Å². The molecule has 0 spiro atoms. The van der Waals surface area contributed by atoms with E-state index in [-0.39, 0.29) is 6.04 Å². The molecule has 1 atom stereocenters. The standard InChI is InChI=1S/C16H22ClN3O/c1-3-13(18)11-12-5-4-6-14(17)16(12)21-10-7-15-19-8-9-20(15)2/h4-6,8-9,13H,3,7,10-11,18H2,1-2H3. The van der Waals surface area contributed by atoms with Gasteiger partial charge in [0.15, 0.2) is 0 Å². The second-order valence-electron chi connectivity index (χ2n) is 5.15. The predicted molar refractivity (Wildman–Crippen MR) is 85.8 cm³/mol. The van der Waals surface area contributed by atoms with Gasteiger partial charge in [-0.25, -0.2) is 4.98 Å². The van der Waals surface area contributed by atoms with Crippen molar-refractivity contribution < 1.29 is 4.74 Å². The number of nitrogens with two attached hydrogens (primary N) is 1. The number of rotatable bonds is 7. The SMILES string of the molecule is CCC(N)Cc1cccc(Cl)c1OCCc1nccn1C. The molecule has 0 radical (unpaired) electrons. The molecule has 2 rings (SSSR count). The fourth-order valence-corrected chi connectivity index (χ4v) is 2.43. The summed E-state index contributed by atoms with van der Waals surface area (Å²) in [5, 5.41) is 0.635. The van der Waals surface area contributed by atoms with Crippen LogP contribution in [-0.2, 0) is 19.9 Å². The lowest BCUT2D eigenvalue weighted by Crippen LogP contribution is -2.22. The summed E-state index contributed by atoms with van der Waals surface area (Å²) in [4.78, 5) is 4.28. The normalized spacial score (nSPS) is 12.4. The number of hydrogen-bond donors (Lipinski definition) is 1. The Morgan fingerprint density at radius 3 is 2.90 bits per heavy atom. The van der Waals surface area contributed by atoms with Crippen LogP contribution in [-0.4, -0.2) is 22.2 Å². The molecular formula is C16H22ClN3O. The highest BCUT2D eigenvalue weighted by atomic mass is 35.5. The number of ether oxygens (including phenoxy) is 1. The molecule has 5 heteroatoms. The van der Waals surface area contributed by atoms with Gasteiger partial charge in [0.05, 0.1) is 11.6 Å². The van der Waals surface area contributed by atoms with E-state index in [0.29, 0.717) is 11.6 Å². The highest BCUT2D eigenvalue weighted by Crippen LogP contribution is 2.29. The first-order valence-electron chi connectivity index (χ1n) is 7.23. The number of halogens is 1. The fourth-order valence-electron chi connectivity index (χ4n) is 2.18. The van der Waals surface area contributed by atoms with Gasteiger partial charge in [-0.05, 0) is 24.5 Å². The summed E-state index contributed by atoms with van der Waals surface area (Å²) < 4.78 is 7.89. The zero-order valence-corrected chi connectivity index (χ0v) is 13.3. The van der Waals surface area contributed by atoms with Crippen LogP contribution in [0.15, 0.2) is 30.6 Å². The molecule has 114 valence electrons. The topological polar surface area (TPSA) is 53.1 Å². The maximum absolute atomic E-state index is 6.26. The van der Waals surface area contributed by atoms with Gasteiger partial charge in [-0.2, -0.15) is 0 Å². The summed E-state index contributed by atoms with van der Waals surface area (Å²) in [6, 6.07) is 5.93. The van der Waals surface area contributed by atoms with Gasteiger partial charge in [-0.1, -0.05) is 30.7 Å². The third-order valence-electron chi connectivity index (χ3n) is 3.55. The summed E-state index contributed by atoms with van der Waals surface area (Å²) in [5.41, 5.74) is 7.10. The van der Waals surface area contributed by atoms with Gasteiger partial charge in [0.2, 0.25) is 0 Å². The molecular weight excluding hydrogens is 286 g/mol. The summed E-state index contributed by atoms with van der Waals surface area (Å²) in [6.45, 7) is 2.62. The Bertz CT molecular complexity index is 583. The molecule has 1 heterocycles. The van der Waals surface area contributed by atoms with Gasteiger partial charge in [0, 0.05) is 31.9 Å². The molecule has 2 N–H and O–H groups in total. The minimum Gasteiger partial charge on any atom is -0.491 e. The molecule has 0 aliphatic heterocycles. The van der Waals surface area contributed by atoms with Crippen LogP contribution < -0.4 is 10.5 Å². The van der Waals surface area contributed by atoms with Crippen molar-refractivity contribution in [2.75, 3.05) is 6.61 Å². The first-order valence-corrected chi connectivity index (χ1v) is 7.61. The average Bonchev–Trinajstić information content (AvgIpc) is 2.87. The van der Waals surface area contributed by atoms with E-state index in [1.165, 1.54) is 0 Å². The van der Waals surface area contributed by atoms with Gasteiger partial charge in [0.25, 0.3) is 0 Å². The number of para-hydroxylation sites is 1. The van der Waals surface area contributed by atoms with Gasteiger partial charge in [-0.3, -0.25) is 0 Å². The van der Waals surface area contributed by atoms with Crippen molar-refractivity contribution in [2.24, 2.45) is 12.8 Å². The van der Waals surface area contributed by atoms with Crippen LogP contribution in [0.2, 0.25) is 5.02 Å². The van der Waals surface area contributed by atoms with Crippen LogP contribution >= 0.6 is 11.6 Å². The van der Waals surface area contributed by atoms with Crippen LogP contribution in [0.5, 0.6) is 5.75 Å². The molecule has 21 heavy (non-hydrogen) atoms. The highest BCUT2D eigenvalue weighted by Gasteiger charge is 2.12. The van der Waals surface area contributed by atoms with Crippen molar-refractivity contribution in [2.45, 2.75) is 32.2 Å². The summed E-state index contributed by atoms with van der Waals surface area (Å²) >= 11 is 6.26. The molecule has 0 bridgehead atoms. The lowest BCUT2D eigenvalue weighted by Gasteiger charge is -2.15. The molecule has 0 aliphatic rings. The summed E-state index contributed by atoms with van der Waals surface area (Å²) in [7, 11) is 1.98. The van der Waals surface area contributed by atoms with E-state index >= 15 is 0 Å². The Kier molecular flexibility index (Phi) is 5.65. The van der Waals surface area contributed by atoms with E-state index in [2.05, 4.69) is 11.9 Å². The first-order chi connectivity index (χ1) is 10.1. The number of imidazole rings is 1. The fraction of sp³-hybridized carbons (Fsp3) is 0.438. The van der Waals surface area contributed by atoms with Gasteiger partial charge >= 0.3 is 0 Å². The quantitative estimate of drug-likeness (QED) is 0.855. The second kappa shape index (κ2) is 7.48. The number of hydrogen-bond acceptors (Lipinski definition) is 3. The largest absolute Gasteiger partial charge is 0.491 e. The number of aromatic nitrogens is 2. The molecule has 1 aromatic heterocycles. The minimum atomic E-state index is 0.125. The Morgan fingerprint density at radius 1 is 1.43 bits per heavy atom. The number of nitrogens with zero attached hydrogens (tertiary/aromatic N) is 2. The van der Waals surface area contributed by atoms with E-state index in [0.717, 1.165) is 36.4 Å². The molecule has 0 amide bonds. The molecule has 0 saturated carbocycles. The minimum absolute atomic E-state index is 0.125. The summed E-state index contributed by atoms with van der Waals surface area (Å²) in [6.07, 6.45) is 6.16. The second-order valence-corrected chi connectivity index (χ2v) is 5.56. The lowest BCUT2D eigenvalue weighted by atomic mass is 10.0. The van der Waals surface area contributed by atoms with E-state index in [4.69, 9.17) is 22.1 Å². The lowest BCUT2D eigenvalue weighted by molar-refractivity contribution is 0.313. The molecule has 1 aromatic carbocycles. The van der Waals surface area contributed by atoms with Crippen molar-refractivity contribution in [3.8, 4) is 5.75 Å². The van der Waals surface area contributed by atoms with Crippen LogP contribution in [0.25, 0.3) is 0 Å². The van der Waals surface area contributed by atoms with E-state index in [1.807, 2.05) is 36.0 Å². The van der Waals surface area contributed by atoms with Crippen molar-refractivity contribution in [1.82, 2.24) is 9.55 Å². The van der Waals surface area contributed by atoms with Crippen LogP contribution in [0.1, 0.15) is 24.7 Å². The van der Waals surface area contributed by atoms with E-state index < -0.39 is 0 Å². The smallest absolute Gasteiger partial charge is 0.141 e. The van der Waals surface area contributed by atoms with Crippen molar-refractivity contribution in [1.29, 1.82) is 0 Å². The highest BCUT2D eigenvalue weighted by molar-refractivity contribution is 6.32. The molecule has 1 unspecified atom stereocenters. The monoisotopic (exact) mass is 307 g/mol. The van der Waals surface area contributed by atoms with Gasteiger partial charge in [0.1, 0.15) is 11.6 Å². The summed E-state index contributed by atoms with van der Waals surface area (Å²) in [5.74, 6) is 1.74. The zero-order chi connectivity index (χ0) is 15.2. The Morgan fingerprint density at radius 2 is 2.24 bits per heavy atom. The first kappa shape index (κ1) is 15.9. The Labute approximate surface area is 130 Å². The van der Waals surface area contributed by atoms with Crippen LogP contribution in [0, 0.1) is 0 Å². The van der Waals surface area contributed by atoms with E-state index in [1.54, 1.807) is 6.20 Å². The van der Waals surface area contributed by atoms with Gasteiger partial charge in [-0.15, -0.1) is 0 Å². The number of aryl methyl sites for hydroxylation is 1.